The predicted octanol–water partition coefficient (Wildman–Crippen LogP) is -0.831. The van der Waals surface area contributed by atoms with E-state index in [1.807, 2.05) is 0 Å². The average Bonchev–Trinajstić information content (AvgIpc) is 2.47. The minimum absolute atomic E-state index is 0.242. The Balaban J connectivity index is 2.38. The summed E-state index contributed by atoms with van der Waals surface area (Å²) < 4.78 is 5.40. The van der Waals surface area contributed by atoms with Gasteiger partial charge in [0.2, 0.25) is 6.08 Å². The van der Waals surface area contributed by atoms with Crippen molar-refractivity contribution < 1.29 is 30.0 Å². The molecule has 0 amide bonds. The largest absolute Gasteiger partial charge is 0.394 e. The summed E-state index contributed by atoms with van der Waals surface area (Å²) in [7, 11) is 0. The number of aliphatic imine (C=N–C) groups is 1. The summed E-state index contributed by atoms with van der Waals surface area (Å²) in [5.74, 6) is 0. The van der Waals surface area contributed by atoms with Crippen molar-refractivity contribution in [1.82, 2.24) is 0 Å². The van der Waals surface area contributed by atoms with Crippen LogP contribution in [0.15, 0.2) is 29.3 Å². The molecule has 7 heteroatoms. The highest BCUT2D eigenvalue weighted by Gasteiger charge is 2.44. The number of rotatable bonds is 3. The first-order valence-corrected chi connectivity index (χ1v) is 6.07. The zero-order chi connectivity index (χ0) is 14.7. The first-order valence-electron chi connectivity index (χ1n) is 6.07. The van der Waals surface area contributed by atoms with Crippen LogP contribution in [0.25, 0.3) is 0 Å². The number of aliphatic hydroxyl groups is 4. The van der Waals surface area contributed by atoms with E-state index in [0.717, 1.165) is 0 Å². The Morgan fingerprint density at radius 1 is 1.15 bits per heavy atom. The van der Waals surface area contributed by atoms with Crippen molar-refractivity contribution in [2.45, 2.75) is 30.5 Å². The second-order valence-electron chi connectivity index (χ2n) is 4.51. The molecular weight excluding hydrogens is 266 g/mol. The molecule has 7 nitrogen and oxygen atoms in total. The highest BCUT2D eigenvalue weighted by molar-refractivity contribution is 5.54. The van der Waals surface area contributed by atoms with Gasteiger partial charge < -0.3 is 25.2 Å². The van der Waals surface area contributed by atoms with Gasteiger partial charge in [-0.2, -0.15) is 4.99 Å². The Morgan fingerprint density at radius 3 is 2.50 bits per heavy atom. The minimum Gasteiger partial charge on any atom is -0.394 e. The van der Waals surface area contributed by atoms with Crippen LogP contribution >= 0.6 is 0 Å². The molecule has 0 aromatic heterocycles. The van der Waals surface area contributed by atoms with Gasteiger partial charge in [0, 0.05) is 5.56 Å². The Kier molecular flexibility index (Phi) is 4.61. The van der Waals surface area contributed by atoms with Crippen LogP contribution in [0.4, 0.5) is 5.69 Å². The van der Waals surface area contributed by atoms with Gasteiger partial charge >= 0.3 is 0 Å². The van der Waals surface area contributed by atoms with Crippen LogP contribution in [-0.2, 0) is 9.53 Å². The zero-order valence-corrected chi connectivity index (χ0v) is 10.5. The van der Waals surface area contributed by atoms with Crippen LogP contribution in [0.2, 0.25) is 0 Å². The lowest BCUT2D eigenvalue weighted by molar-refractivity contribution is -0.231. The van der Waals surface area contributed by atoms with E-state index in [1.165, 1.54) is 12.1 Å². The lowest BCUT2D eigenvalue weighted by atomic mass is 9.90. The molecule has 1 fully saturated rings. The van der Waals surface area contributed by atoms with E-state index in [-0.39, 0.29) is 5.69 Å². The zero-order valence-electron chi connectivity index (χ0n) is 10.5. The van der Waals surface area contributed by atoms with Gasteiger partial charge in [0.25, 0.3) is 0 Å². The third-order valence-electron chi connectivity index (χ3n) is 3.30. The molecule has 0 aliphatic carbocycles. The van der Waals surface area contributed by atoms with Gasteiger partial charge in [-0.25, -0.2) is 4.79 Å². The molecular formula is C13H15NO6. The van der Waals surface area contributed by atoms with Crippen LogP contribution in [-0.4, -0.2) is 57.5 Å². The van der Waals surface area contributed by atoms with Gasteiger partial charge in [-0.15, -0.1) is 0 Å². The van der Waals surface area contributed by atoms with E-state index < -0.39 is 37.1 Å². The number of nitrogens with zero attached hydrogens (tertiary/aromatic N) is 1. The molecule has 4 N–H and O–H groups in total. The lowest BCUT2D eigenvalue weighted by Gasteiger charge is -2.40. The molecule has 0 spiro atoms. The van der Waals surface area contributed by atoms with Crippen LogP contribution in [0, 0.1) is 0 Å². The van der Waals surface area contributed by atoms with E-state index in [1.54, 1.807) is 18.2 Å². The Hall–Kier alpha value is -1.60. The SMILES string of the molecule is O=C=Nc1ccccc1C1O[C@H](CO)[C@@H](O)[C@H](O)[C@@H]1O. The molecule has 1 unspecified atom stereocenters. The van der Waals surface area contributed by atoms with Crippen LogP contribution in [0.3, 0.4) is 0 Å². The number of isocyanates is 1. The molecule has 1 aliphatic rings. The third kappa shape index (κ3) is 2.64. The van der Waals surface area contributed by atoms with Crippen molar-refractivity contribution in [3.8, 4) is 0 Å². The van der Waals surface area contributed by atoms with Crippen molar-refractivity contribution >= 4 is 11.8 Å². The third-order valence-corrected chi connectivity index (χ3v) is 3.30. The van der Waals surface area contributed by atoms with Gasteiger partial charge in [-0.1, -0.05) is 18.2 Å². The number of ether oxygens (including phenoxy) is 1. The summed E-state index contributed by atoms with van der Waals surface area (Å²) in [5, 5.41) is 38.6. The topological polar surface area (TPSA) is 120 Å². The molecule has 1 aromatic rings. The number of benzene rings is 1. The average molecular weight is 281 g/mol. The Labute approximate surface area is 114 Å². The maximum absolute atomic E-state index is 10.4. The minimum atomic E-state index is -1.47. The molecule has 1 saturated heterocycles. The Bertz CT molecular complexity index is 513. The molecule has 1 aromatic carbocycles. The van der Waals surface area contributed by atoms with Crippen LogP contribution in [0.5, 0.6) is 0 Å². The van der Waals surface area contributed by atoms with Gasteiger partial charge in [0.05, 0.1) is 12.3 Å². The fraction of sp³-hybridized carbons (Fsp3) is 0.462. The standard InChI is InChI=1S/C13H15NO6/c15-5-9-10(17)11(18)12(19)13(20-9)7-3-1-2-4-8(7)14-6-16/h1-4,9-13,15,17-19H,5H2/t9-,10-,11+,12+,13?/m1/s1. The van der Waals surface area contributed by atoms with Crippen molar-refractivity contribution in [2.24, 2.45) is 4.99 Å². The summed E-state index contributed by atoms with van der Waals surface area (Å²) in [5.41, 5.74) is 0.611. The fourth-order valence-corrected chi connectivity index (χ4v) is 2.24. The summed E-state index contributed by atoms with van der Waals surface area (Å²) >= 11 is 0. The number of aliphatic hydroxyl groups excluding tert-OH is 4. The van der Waals surface area contributed by atoms with E-state index >= 15 is 0 Å². The smallest absolute Gasteiger partial charge is 0.240 e. The van der Waals surface area contributed by atoms with E-state index in [9.17, 15) is 20.1 Å². The van der Waals surface area contributed by atoms with E-state index in [4.69, 9.17) is 9.84 Å². The molecule has 1 aliphatic heterocycles. The first kappa shape index (κ1) is 14.8. The van der Waals surface area contributed by atoms with Crippen LogP contribution < -0.4 is 0 Å². The second kappa shape index (κ2) is 6.23. The maximum Gasteiger partial charge on any atom is 0.240 e. The Morgan fingerprint density at radius 2 is 1.85 bits per heavy atom. The molecule has 108 valence electrons. The summed E-state index contributed by atoms with van der Waals surface area (Å²) in [6, 6.07) is 6.40. The summed E-state index contributed by atoms with van der Waals surface area (Å²) in [6.07, 6.45) is -4.93. The van der Waals surface area contributed by atoms with Gasteiger partial charge in [-0.05, 0) is 6.07 Å². The summed E-state index contributed by atoms with van der Waals surface area (Å²) in [4.78, 5) is 13.9. The second-order valence-corrected chi connectivity index (χ2v) is 4.51. The van der Waals surface area contributed by atoms with E-state index in [0.29, 0.717) is 5.56 Å². The van der Waals surface area contributed by atoms with Crippen LogP contribution in [0.1, 0.15) is 11.7 Å². The lowest BCUT2D eigenvalue weighted by Crippen LogP contribution is -2.55. The van der Waals surface area contributed by atoms with Crippen molar-refractivity contribution in [3.63, 3.8) is 0 Å². The normalized spacial score (nSPS) is 33.5. The molecule has 0 bridgehead atoms. The summed E-state index contributed by atoms with van der Waals surface area (Å²) in [6.45, 7) is -0.513. The van der Waals surface area contributed by atoms with Crippen molar-refractivity contribution in [3.05, 3.63) is 29.8 Å². The number of carbonyl (C=O) groups excluding carboxylic acids is 1. The quantitative estimate of drug-likeness (QED) is 0.424. The molecule has 0 radical (unpaired) electrons. The predicted molar refractivity (Wildman–Crippen MR) is 66.9 cm³/mol. The molecule has 5 atom stereocenters. The molecule has 2 rings (SSSR count). The molecule has 20 heavy (non-hydrogen) atoms. The maximum atomic E-state index is 10.4. The first-order chi connectivity index (χ1) is 9.60. The van der Waals surface area contributed by atoms with Gasteiger partial charge in [-0.3, -0.25) is 0 Å². The fourth-order valence-electron chi connectivity index (χ4n) is 2.24. The monoisotopic (exact) mass is 281 g/mol. The number of hydrogen-bond donors (Lipinski definition) is 4. The molecule has 1 heterocycles. The van der Waals surface area contributed by atoms with Crippen molar-refractivity contribution in [2.75, 3.05) is 6.61 Å². The number of para-hydroxylation sites is 1. The van der Waals surface area contributed by atoms with E-state index in [2.05, 4.69) is 4.99 Å². The van der Waals surface area contributed by atoms with Gasteiger partial charge in [0.1, 0.15) is 30.5 Å². The van der Waals surface area contributed by atoms with Crippen molar-refractivity contribution in [1.29, 1.82) is 0 Å². The molecule has 0 saturated carbocycles. The number of hydrogen-bond acceptors (Lipinski definition) is 7. The highest BCUT2D eigenvalue weighted by Crippen LogP contribution is 2.36. The van der Waals surface area contributed by atoms with Gasteiger partial charge in [0.15, 0.2) is 0 Å². The highest BCUT2D eigenvalue weighted by atomic mass is 16.5.